The Hall–Kier alpha value is -0.140. The lowest BCUT2D eigenvalue weighted by atomic mass is 10.0. The Morgan fingerprint density at radius 2 is 1.91 bits per heavy atom. The third-order valence-electron chi connectivity index (χ3n) is 3.89. The van der Waals surface area contributed by atoms with Gasteiger partial charge in [0.2, 0.25) is 0 Å². The Balaban J connectivity index is 2.34. The lowest BCUT2D eigenvalue weighted by molar-refractivity contribution is 0.168. The highest BCUT2D eigenvalue weighted by Gasteiger charge is 2.14. The van der Waals surface area contributed by atoms with E-state index >= 15 is 0 Å². The molecule has 0 spiro atoms. The average molecular weight is 362 g/mol. The molecular formula is C17H26Cl2NOP. The van der Waals surface area contributed by atoms with Crippen molar-refractivity contribution in [2.75, 3.05) is 19.1 Å². The smallest absolute Gasteiger partial charge is 0.0795 e. The zero-order chi connectivity index (χ0) is 16.5. The maximum atomic E-state index is 10.3. The Kier molecular flexibility index (Phi) is 9.59. The Morgan fingerprint density at radius 1 is 1.27 bits per heavy atom. The maximum Gasteiger partial charge on any atom is 0.0795 e. The summed E-state index contributed by atoms with van der Waals surface area (Å²) >= 11 is 11.8. The van der Waals surface area contributed by atoms with Gasteiger partial charge in [0.1, 0.15) is 0 Å². The third kappa shape index (κ3) is 6.96. The van der Waals surface area contributed by atoms with Gasteiger partial charge in [0.25, 0.3) is 0 Å². The largest absolute Gasteiger partial charge is 0.388 e. The first-order valence-corrected chi connectivity index (χ1v) is 9.86. The van der Waals surface area contributed by atoms with E-state index in [4.69, 9.17) is 23.2 Å². The molecule has 5 heteroatoms. The van der Waals surface area contributed by atoms with Crippen LogP contribution in [0.2, 0.25) is 5.02 Å². The van der Waals surface area contributed by atoms with Crippen LogP contribution in [-0.4, -0.2) is 35.6 Å². The standard InChI is InChI=1S/C17H26Cl2NOP/c1-12(16(11-18)20-3)8-9-22-13(2)10-17(21)14-4-6-15(19)7-5-14/h4-7,12-13,17,21-22H,8-11H2,1-3H3/t12?,13?,17-/m0/s1. The number of aliphatic hydroxyl groups is 1. The molecule has 124 valence electrons. The van der Waals surface area contributed by atoms with Gasteiger partial charge >= 0.3 is 0 Å². The van der Waals surface area contributed by atoms with Crippen molar-refractivity contribution >= 4 is 37.5 Å². The van der Waals surface area contributed by atoms with Gasteiger partial charge in [0, 0.05) is 17.8 Å². The number of hydrogen-bond donors (Lipinski definition) is 1. The molecule has 3 unspecified atom stereocenters. The molecule has 0 bridgehead atoms. The zero-order valence-electron chi connectivity index (χ0n) is 13.5. The van der Waals surface area contributed by atoms with Crippen molar-refractivity contribution in [3.63, 3.8) is 0 Å². The first-order valence-electron chi connectivity index (χ1n) is 7.66. The highest BCUT2D eigenvalue weighted by atomic mass is 35.5. The van der Waals surface area contributed by atoms with Crippen molar-refractivity contribution in [3.05, 3.63) is 34.9 Å². The minimum absolute atomic E-state index is 0.409. The van der Waals surface area contributed by atoms with Crippen LogP contribution in [0.15, 0.2) is 29.3 Å². The van der Waals surface area contributed by atoms with Crippen LogP contribution in [0.25, 0.3) is 0 Å². The van der Waals surface area contributed by atoms with Crippen molar-refractivity contribution in [1.29, 1.82) is 0 Å². The molecule has 22 heavy (non-hydrogen) atoms. The number of alkyl halides is 1. The van der Waals surface area contributed by atoms with Gasteiger partial charge in [0.15, 0.2) is 0 Å². The number of aliphatic hydroxyl groups excluding tert-OH is 1. The van der Waals surface area contributed by atoms with E-state index in [1.165, 1.54) is 0 Å². The summed E-state index contributed by atoms with van der Waals surface area (Å²) in [6.45, 7) is 4.39. The number of hydrogen-bond acceptors (Lipinski definition) is 2. The fourth-order valence-corrected chi connectivity index (χ4v) is 4.36. The lowest BCUT2D eigenvalue weighted by Gasteiger charge is -2.18. The molecule has 1 aromatic rings. The molecule has 0 fully saturated rings. The van der Waals surface area contributed by atoms with Crippen molar-refractivity contribution < 1.29 is 5.11 Å². The molecule has 1 N–H and O–H groups in total. The van der Waals surface area contributed by atoms with Gasteiger partial charge in [-0.25, -0.2) is 0 Å². The van der Waals surface area contributed by atoms with Crippen LogP contribution in [0.3, 0.4) is 0 Å². The fraction of sp³-hybridized carbons (Fsp3) is 0.588. The minimum atomic E-state index is -0.409. The first-order chi connectivity index (χ1) is 10.5. The van der Waals surface area contributed by atoms with Crippen LogP contribution in [0, 0.1) is 5.92 Å². The summed E-state index contributed by atoms with van der Waals surface area (Å²) in [5.74, 6) is 0.967. The number of nitrogens with zero attached hydrogens (tertiary/aromatic N) is 1. The summed E-state index contributed by atoms with van der Waals surface area (Å²) in [6.07, 6.45) is 2.65. The predicted octanol–water partition coefficient (Wildman–Crippen LogP) is 5.17. The number of halogens is 2. The van der Waals surface area contributed by atoms with Crippen LogP contribution < -0.4 is 0 Å². The minimum Gasteiger partial charge on any atom is -0.388 e. The molecule has 4 atom stereocenters. The normalized spacial score (nSPS) is 16.9. The molecule has 1 aromatic carbocycles. The summed E-state index contributed by atoms with van der Waals surface area (Å²) in [5.41, 5.74) is 2.54. The Bertz CT molecular complexity index is 464. The number of benzene rings is 1. The monoisotopic (exact) mass is 361 g/mol. The van der Waals surface area contributed by atoms with E-state index < -0.39 is 6.10 Å². The van der Waals surface area contributed by atoms with Gasteiger partial charge in [-0.15, -0.1) is 20.2 Å². The van der Waals surface area contributed by atoms with Gasteiger partial charge in [-0.3, -0.25) is 4.99 Å². The molecule has 1 rings (SSSR count). The Morgan fingerprint density at radius 3 is 2.45 bits per heavy atom. The van der Waals surface area contributed by atoms with E-state index in [2.05, 4.69) is 18.8 Å². The molecule has 0 amide bonds. The van der Waals surface area contributed by atoms with E-state index in [1.54, 1.807) is 0 Å². The summed E-state index contributed by atoms with van der Waals surface area (Å²) in [6, 6.07) is 7.45. The lowest BCUT2D eigenvalue weighted by Crippen LogP contribution is -2.14. The van der Waals surface area contributed by atoms with E-state index in [9.17, 15) is 5.11 Å². The predicted molar refractivity (Wildman–Crippen MR) is 102 cm³/mol. The number of rotatable bonds is 9. The van der Waals surface area contributed by atoms with Gasteiger partial charge in [-0.2, -0.15) is 0 Å². The maximum absolute atomic E-state index is 10.3. The second kappa shape index (κ2) is 10.6. The summed E-state index contributed by atoms with van der Waals surface area (Å²) in [5, 5.41) is 11.0. The second-order valence-electron chi connectivity index (χ2n) is 5.70. The van der Waals surface area contributed by atoms with Crippen molar-refractivity contribution in [2.24, 2.45) is 10.9 Å². The van der Waals surface area contributed by atoms with Gasteiger partial charge in [-0.1, -0.05) is 37.6 Å². The van der Waals surface area contributed by atoms with Crippen molar-refractivity contribution in [1.82, 2.24) is 0 Å². The molecule has 0 aliphatic carbocycles. The highest BCUT2D eigenvalue weighted by Crippen LogP contribution is 2.30. The molecule has 0 aliphatic heterocycles. The highest BCUT2D eigenvalue weighted by molar-refractivity contribution is 7.38. The molecule has 0 aromatic heterocycles. The second-order valence-corrected chi connectivity index (χ2v) is 8.29. The van der Waals surface area contributed by atoms with Gasteiger partial charge < -0.3 is 5.11 Å². The fourth-order valence-electron chi connectivity index (χ4n) is 2.36. The van der Waals surface area contributed by atoms with E-state index in [0.717, 1.165) is 38.9 Å². The van der Waals surface area contributed by atoms with Crippen LogP contribution in [0.5, 0.6) is 0 Å². The van der Waals surface area contributed by atoms with Crippen LogP contribution in [-0.2, 0) is 0 Å². The molecule has 0 saturated carbocycles. The van der Waals surface area contributed by atoms with E-state index in [1.807, 2.05) is 31.3 Å². The quantitative estimate of drug-likeness (QED) is 0.367. The Labute approximate surface area is 146 Å². The first kappa shape index (κ1) is 19.9. The van der Waals surface area contributed by atoms with Gasteiger partial charge in [0.05, 0.1) is 12.0 Å². The molecule has 0 aliphatic rings. The van der Waals surface area contributed by atoms with E-state index in [-0.39, 0.29) is 0 Å². The van der Waals surface area contributed by atoms with E-state index in [0.29, 0.717) is 22.5 Å². The van der Waals surface area contributed by atoms with Crippen LogP contribution >= 0.6 is 31.8 Å². The SMILES string of the molecule is CN=C(CCl)C(C)CCPC(C)C[C@H](O)c1ccc(Cl)cc1. The zero-order valence-corrected chi connectivity index (χ0v) is 16.0. The van der Waals surface area contributed by atoms with Crippen molar-refractivity contribution in [2.45, 2.75) is 38.5 Å². The molecule has 2 nitrogen and oxygen atoms in total. The van der Waals surface area contributed by atoms with Crippen LogP contribution in [0.4, 0.5) is 0 Å². The molecule has 0 radical (unpaired) electrons. The van der Waals surface area contributed by atoms with Crippen molar-refractivity contribution in [3.8, 4) is 0 Å². The summed E-state index contributed by atoms with van der Waals surface area (Å²) in [7, 11) is 2.65. The number of aliphatic imine (C=N–C) groups is 1. The topological polar surface area (TPSA) is 32.6 Å². The molecular weight excluding hydrogens is 336 g/mol. The molecule has 0 heterocycles. The summed E-state index contributed by atoms with van der Waals surface area (Å²) < 4.78 is 0. The van der Waals surface area contributed by atoms with Gasteiger partial charge in [-0.05, 0) is 48.3 Å². The molecule has 0 saturated heterocycles. The average Bonchev–Trinajstić information content (AvgIpc) is 2.49. The third-order valence-corrected chi connectivity index (χ3v) is 5.93. The summed E-state index contributed by atoms with van der Waals surface area (Å²) in [4.78, 5) is 4.24. The van der Waals surface area contributed by atoms with Crippen LogP contribution in [0.1, 0.15) is 38.4 Å².